The summed E-state index contributed by atoms with van der Waals surface area (Å²) < 4.78 is 37.5. The van der Waals surface area contributed by atoms with E-state index in [0.717, 1.165) is 6.20 Å². The second-order valence-electron chi connectivity index (χ2n) is 2.29. The molecule has 0 saturated heterocycles. The molecule has 0 spiro atoms. The number of aromatic nitrogens is 1. The third-order valence-electron chi connectivity index (χ3n) is 1.43. The zero-order valence-corrected chi connectivity index (χ0v) is 8.63. The normalized spacial score (nSPS) is 10.6. The van der Waals surface area contributed by atoms with Crippen LogP contribution >= 0.6 is 22.6 Å². The second kappa shape index (κ2) is 4.11. The zero-order chi connectivity index (χ0) is 10.9. The van der Waals surface area contributed by atoms with Gasteiger partial charge in [-0.1, -0.05) is 0 Å². The van der Waals surface area contributed by atoms with Crippen LogP contribution in [-0.2, 0) is 0 Å². The van der Waals surface area contributed by atoms with Crippen molar-refractivity contribution in [2.75, 3.05) is 0 Å². The zero-order valence-electron chi connectivity index (χ0n) is 6.47. The first-order chi connectivity index (χ1) is 6.45. The Bertz CT molecular complexity index is 383. The van der Waals surface area contributed by atoms with Gasteiger partial charge in [0, 0.05) is 9.77 Å². The average Bonchev–Trinajstić information content (AvgIpc) is 2.02. The van der Waals surface area contributed by atoms with E-state index < -0.39 is 29.5 Å². The van der Waals surface area contributed by atoms with Gasteiger partial charge < -0.3 is 5.11 Å². The number of hydrogen-bond acceptors (Lipinski definition) is 2. The second-order valence-corrected chi connectivity index (χ2v) is 3.45. The highest BCUT2D eigenvalue weighted by Gasteiger charge is 2.24. The Morgan fingerprint density at radius 2 is 2.14 bits per heavy atom. The van der Waals surface area contributed by atoms with E-state index in [1.807, 2.05) is 0 Å². The molecule has 0 amide bonds. The van der Waals surface area contributed by atoms with Crippen molar-refractivity contribution < 1.29 is 23.1 Å². The summed E-state index contributed by atoms with van der Waals surface area (Å²) in [7, 11) is 0. The molecule has 0 aliphatic heterocycles. The molecule has 76 valence electrons. The van der Waals surface area contributed by atoms with Gasteiger partial charge in [-0.15, -0.1) is 0 Å². The number of halogens is 4. The maximum absolute atomic E-state index is 13.1. The molecule has 0 radical (unpaired) electrons. The van der Waals surface area contributed by atoms with Crippen molar-refractivity contribution in [1.82, 2.24) is 4.98 Å². The van der Waals surface area contributed by atoms with Crippen molar-refractivity contribution >= 4 is 28.6 Å². The number of carboxylic acids is 1. The van der Waals surface area contributed by atoms with E-state index in [-0.39, 0.29) is 3.57 Å². The fourth-order valence-corrected chi connectivity index (χ4v) is 1.44. The molecule has 0 unspecified atom stereocenters. The van der Waals surface area contributed by atoms with Gasteiger partial charge in [0.2, 0.25) is 0 Å². The number of nitrogens with zero attached hydrogens (tertiary/aromatic N) is 1. The fourth-order valence-electron chi connectivity index (χ4n) is 0.829. The van der Waals surface area contributed by atoms with E-state index in [9.17, 15) is 18.0 Å². The highest BCUT2D eigenvalue weighted by atomic mass is 127. The van der Waals surface area contributed by atoms with Gasteiger partial charge in [0.15, 0.2) is 11.5 Å². The molecule has 0 aromatic carbocycles. The summed E-state index contributed by atoms with van der Waals surface area (Å²) in [6, 6.07) is 0. The van der Waals surface area contributed by atoms with Crippen molar-refractivity contribution in [2.24, 2.45) is 0 Å². The van der Waals surface area contributed by atoms with Crippen LogP contribution in [0.5, 0.6) is 0 Å². The molecule has 7 heteroatoms. The van der Waals surface area contributed by atoms with Gasteiger partial charge in [-0.25, -0.2) is 22.9 Å². The standard InChI is InChI=1S/C7H3F3INO2/c8-4-3(6(9)10)2(11)1-12-5(4)7(13)14/h1,6H,(H,13,14). The van der Waals surface area contributed by atoms with Gasteiger partial charge in [-0.3, -0.25) is 0 Å². The Balaban J connectivity index is 3.41. The number of pyridine rings is 1. The average molecular weight is 317 g/mol. The molecule has 0 aliphatic rings. The fraction of sp³-hybridized carbons (Fsp3) is 0.143. The summed E-state index contributed by atoms with van der Waals surface area (Å²) in [6.07, 6.45) is -2.16. The van der Waals surface area contributed by atoms with Crippen molar-refractivity contribution in [3.05, 3.63) is 26.8 Å². The molecule has 0 atom stereocenters. The van der Waals surface area contributed by atoms with Crippen molar-refractivity contribution in [3.63, 3.8) is 0 Å². The van der Waals surface area contributed by atoms with Gasteiger partial charge in [0.05, 0.1) is 5.56 Å². The Hall–Kier alpha value is -0.860. The largest absolute Gasteiger partial charge is 0.476 e. The number of carbonyl (C=O) groups is 1. The summed E-state index contributed by atoms with van der Waals surface area (Å²) in [4.78, 5) is 13.6. The van der Waals surface area contributed by atoms with Crippen molar-refractivity contribution in [1.29, 1.82) is 0 Å². The molecule has 1 heterocycles. The Morgan fingerprint density at radius 3 is 2.57 bits per heavy atom. The molecule has 0 bridgehead atoms. The molecule has 0 fully saturated rings. The van der Waals surface area contributed by atoms with E-state index in [1.54, 1.807) is 0 Å². The number of carboxylic acid groups (broad SMARTS) is 1. The molecular formula is C7H3F3INO2. The maximum Gasteiger partial charge on any atom is 0.357 e. The minimum absolute atomic E-state index is 0.0971. The van der Waals surface area contributed by atoms with Crippen LogP contribution in [0.3, 0.4) is 0 Å². The molecule has 14 heavy (non-hydrogen) atoms. The number of aromatic carboxylic acids is 1. The van der Waals surface area contributed by atoms with Gasteiger partial charge in [0.25, 0.3) is 6.43 Å². The Morgan fingerprint density at radius 1 is 1.57 bits per heavy atom. The molecule has 1 aromatic rings. The van der Waals surface area contributed by atoms with Crippen molar-refractivity contribution in [2.45, 2.75) is 6.43 Å². The summed E-state index contributed by atoms with van der Waals surface area (Å²) in [5.41, 5.74) is -1.90. The molecule has 0 aliphatic carbocycles. The Kier molecular flexibility index (Phi) is 3.29. The lowest BCUT2D eigenvalue weighted by Gasteiger charge is -2.05. The summed E-state index contributed by atoms with van der Waals surface area (Å²) in [6.45, 7) is 0. The highest BCUT2D eigenvalue weighted by Crippen LogP contribution is 2.27. The van der Waals surface area contributed by atoms with Crippen molar-refractivity contribution in [3.8, 4) is 0 Å². The third kappa shape index (κ3) is 1.97. The predicted molar refractivity (Wildman–Crippen MR) is 48.8 cm³/mol. The van der Waals surface area contributed by atoms with Gasteiger partial charge in [0.1, 0.15) is 0 Å². The van der Waals surface area contributed by atoms with Gasteiger partial charge in [-0.05, 0) is 22.6 Å². The van der Waals surface area contributed by atoms with E-state index in [1.165, 1.54) is 22.6 Å². The van der Waals surface area contributed by atoms with E-state index >= 15 is 0 Å². The van der Waals surface area contributed by atoms with Crippen LogP contribution in [-0.4, -0.2) is 16.1 Å². The van der Waals surface area contributed by atoms with Gasteiger partial charge in [-0.2, -0.15) is 0 Å². The molecule has 3 nitrogen and oxygen atoms in total. The minimum atomic E-state index is -3.05. The van der Waals surface area contributed by atoms with Gasteiger partial charge >= 0.3 is 5.97 Å². The molecule has 1 N–H and O–H groups in total. The topological polar surface area (TPSA) is 50.2 Å². The monoisotopic (exact) mass is 317 g/mol. The quantitative estimate of drug-likeness (QED) is 0.853. The maximum atomic E-state index is 13.1. The first-order valence-corrected chi connectivity index (χ1v) is 4.38. The number of rotatable bonds is 2. The summed E-state index contributed by atoms with van der Waals surface area (Å²) >= 11 is 1.47. The number of hydrogen-bond donors (Lipinski definition) is 1. The van der Waals surface area contributed by atoms with E-state index in [2.05, 4.69) is 4.98 Å². The minimum Gasteiger partial charge on any atom is -0.476 e. The van der Waals surface area contributed by atoms with Crippen LogP contribution in [0.15, 0.2) is 6.20 Å². The summed E-state index contributed by atoms with van der Waals surface area (Å²) in [5, 5.41) is 8.41. The van der Waals surface area contributed by atoms with Crippen LogP contribution in [0.25, 0.3) is 0 Å². The SMILES string of the molecule is O=C(O)c1ncc(I)c(C(F)F)c1F. The van der Waals surface area contributed by atoms with Crippen LogP contribution in [0.2, 0.25) is 0 Å². The van der Waals surface area contributed by atoms with Crippen LogP contribution in [0.4, 0.5) is 13.2 Å². The highest BCUT2D eigenvalue weighted by molar-refractivity contribution is 14.1. The van der Waals surface area contributed by atoms with E-state index in [0.29, 0.717) is 0 Å². The predicted octanol–water partition coefficient (Wildman–Crippen LogP) is 2.46. The smallest absolute Gasteiger partial charge is 0.357 e. The first kappa shape index (κ1) is 11.2. The Labute approximate surface area is 90.1 Å². The molecule has 1 aromatic heterocycles. The summed E-state index contributed by atoms with van der Waals surface area (Å²) in [5.74, 6) is -3.14. The molecular weight excluding hydrogens is 314 g/mol. The first-order valence-electron chi connectivity index (χ1n) is 3.30. The van der Waals surface area contributed by atoms with E-state index in [4.69, 9.17) is 5.11 Å². The van der Waals surface area contributed by atoms with Crippen LogP contribution in [0.1, 0.15) is 22.5 Å². The lowest BCUT2D eigenvalue weighted by Crippen LogP contribution is -2.09. The van der Waals surface area contributed by atoms with Crippen LogP contribution in [0, 0.1) is 9.39 Å². The lowest BCUT2D eigenvalue weighted by atomic mass is 10.2. The van der Waals surface area contributed by atoms with Crippen LogP contribution < -0.4 is 0 Å². The molecule has 0 saturated carbocycles. The molecule has 1 rings (SSSR count). The third-order valence-corrected chi connectivity index (χ3v) is 2.29. The lowest BCUT2D eigenvalue weighted by molar-refractivity contribution is 0.0683. The number of alkyl halides is 2.